The molecule has 10 nitrogen and oxygen atoms in total. The molecule has 13 heteroatoms. The van der Waals surface area contributed by atoms with Gasteiger partial charge in [0.15, 0.2) is 10.8 Å². The van der Waals surface area contributed by atoms with E-state index < -0.39 is 23.8 Å². The van der Waals surface area contributed by atoms with Gasteiger partial charge < -0.3 is 19.7 Å². The number of carbonyl (C=O) groups is 2. The Labute approximate surface area is 245 Å². The molecule has 1 N–H and O–H groups in total. The van der Waals surface area contributed by atoms with Gasteiger partial charge in [-0.25, -0.2) is 28.9 Å². The lowest BCUT2D eigenvalue weighted by Crippen LogP contribution is -2.42. The zero-order chi connectivity index (χ0) is 29.1. The van der Waals surface area contributed by atoms with Crippen molar-refractivity contribution in [1.29, 1.82) is 0 Å². The number of methoxy groups -OCH3 is 1. The maximum atomic E-state index is 13.9. The minimum Gasteiger partial charge on any atom is -0.466 e. The van der Waals surface area contributed by atoms with Crippen LogP contribution in [0.2, 0.25) is 5.02 Å². The first kappa shape index (κ1) is 28.6. The van der Waals surface area contributed by atoms with Crippen LogP contribution in [0.15, 0.2) is 52.2 Å². The summed E-state index contributed by atoms with van der Waals surface area (Å²) in [5, 5.41) is 6.03. The summed E-state index contributed by atoms with van der Waals surface area (Å²) >= 11 is 7.87. The molecule has 1 saturated heterocycles. The van der Waals surface area contributed by atoms with Gasteiger partial charge >= 0.3 is 11.9 Å². The van der Waals surface area contributed by atoms with E-state index in [0.29, 0.717) is 70.8 Å². The molecule has 0 amide bonds. The van der Waals surface area contributed by atoms with E-state index in [1.54, 1.807) is 26.1 Å². The highest BCUT2D eigenvalue weighted by molar-refractivity contribution is 7.11. The number of amidine groups is 1. The number of hydrogen-bond acceptors (Lipinski definition) is 11. The topological polar surface area (TPSA) is 119 Å². The summed E-state index contributed by atoms with van der Waals surface area (Å²) in [5.74, 6) is -0.517. The highest BCUT2D eigenvalue weighted by atomic mass is 35.5. The van der Waals surface area contributed by atoms with Gasteiger partial charge in [0.2, 0.25) is 5.95 Å². The molecule has 4 heterocycles. The fourth-order valence-corrected chi connectivity index (χ4v) is 5.86. The molecule has 41 heavy (non-hydrogen) atoms. The molecule has 214 valence electrons. The third-order valence-corrected chi connectivity index (χ3v) is 8.13. The van der Waals surface area contributed by atoms with E-state index in [0.717, 1.165) is 0 Å². The number of hydrogen-bond donors (Lipinski definition) is 1. The number of esters is 2. The molecule has 2 aliphatic rings. The van der Waals surface area contributed by atoms with Gasteiger partial charge in [-0.1, -0.05) is 17.7 Å². The first-order chi connectivity index (χ1) is 19.8. The van der Waals surface area contributed by atoms with E-state index in [4.69, 9.17) is 26.1 Å². The van der Waals surface area contributed by atoms with E-state index in [2.05, 4.69) is 20.3 Å². The van der Waals surface area contributed by atoms with Crippen molar-refractivity contribution in [1.82, 2.24) is 20.3 Å². The molecule has 1 unspecified atom stereocenters. The molecule has 1 aromatic carbocycles. The summed E-state index contributed by atoms with van der Waals surface area (Å²) in [6.45, 7) is 4.98. The zero-order valence-electron chi connectivity index (χ0n) is 22.7. The van der Waals surface area contributed by atoms with Crippen LogP contribution >= 0.6 is 22.9 Å². The number of allylic oxidation sites excluding steroid dienone is 1. The molecule has 3 aromatic rings. The van der Waals surface area contributed by atoms with Gasteiger partial charge in [-0.15, -0.1) is 11.3 Å². The minimum atomic E-state index is -0.815. The third-order valence-electron chi connectivity index (χ3n) is 7.02. The molecular formula is C28H28ClFN6O4S. The molecule has 0 radical (unpaired) electrons. The Morgan fingerprint density at radius 3 is 2.63 bits per heavy atom. The van der Waals surface area contributed by atoms with E-state index >= 15 is 0 Å². The van der Waals surface area contributed by atoms with Gasteiger partial charge in [0.25, 0.3) is 0 Å². The van der Waals surface area contributed by atoms with Crippen molar-refractivity contribution in [2.24, 2.45) is 10.9 Å². The Kier molecular flexibility index (Phi) is 8.60. The number of ether oxygens (including phenoxy) is 2. The molecule has 2 aromatic heterocycles. The summed E-state index contributed by atoms with van der Waals surface area (Å²) in [6, 6.07) is 3.23. The average Bonchev–Trinajstić information content (AvgIpc) is 3.52. The fourth-order valence-electron chi connectivity index (χ4n) is 5.00. The first-order valence-electron chi connectivity index (χ1n) is 13.1. The van der Waals surface area contributed by atoms with E-state index in [-0.39, 0.29) is 17.5 Å². The number of halogens is 2. The highest BCUT2D eigenvalue weighted by Gasteiger charge is 2.37. The number of piperidine rings is 1. The van der Waals surface area contributed by atoms with Crippen molar-refractivity contribution >= 4 is 46.7 Å². The van der Waals surface area contributed by atoms with E-state index in [1.807, 2.05) is 10.3 Å². The molecule has 1 fully saturated rings. The predicted molar refractivity (Wildman–Crippen MR) is 153 cm³/mol. The predicted octanol–water partition coefficient (Wildman–Crippen LogP) is 4.65. The standard InChI is InChI=1S/C28H28ClFN6O4S/c1-4-40-26(37)19-14-32-28(33-15(19)2)36-10-7-16(8-11-36)22-21(27(38)39-3)23(18-6-5-17(30)13-20(18)29)35-24(34-22)25-31-9-12-41-25/h5-6,9,12-14,16,23H,4,7-8,10-11H2,1-3H3,(H,34,35). The number of thiazole rings is 1. The lowest BCUT2D eigenvalue weighted by atomic mass is 9.85. The summed E-state index contributed by atoms with van der Waals surface area (Å²) < 4.78 is 24.2. The van der Waals surface area contributed by atoms with Crippen LogP contribution < -0.4 is 10.2 Å². The van der Waals surface area contributed by atoms with Crippen LogP contribution in [0.25, 0.3) is 0 Å². The van der Waals surface area contributed by atoms with Crippen LogP contribution in [0.4, 0.5) is 10.3 Å². The Morgan fingerprint density at radius 1 is 1.22 bits per heavy atom. The highest BCUT2D eigenvalue weighted by Crippen LogP contribution is 2.40. The zero-order valence-corrected chi connectivity index (χ0v) is 24.3. The second-order valence-corrected chi connectivity index (χ2v) is 10.8. The molecule has 0 bridgehead atoms. The summed E-state index contributed by atoms with van der Waals surface area (Å²) in [5.41, 5.74) is 2.37. The van der Waals surface area contributed by atoms with Crippen LogP contribution in [-0.2, 0) is 14.3 Å². The van der Waals surface area contributed by atoms with Crippen molar-refractivity contribution in [2.75, 3.05) is 31.7 Å². The quantitative estimate of drug-likeness (QED) is 0.388. The van der Waals surface area contributed by atoms with Gasteiger partial charge in [0, 0.05) is 53.1 Å². The summed E-state index contributed by atoms with van der Waals surface area (Å²) in [6.07, 6.45) is 4.51. The van der Waals surface area contributed by atoms with E-state index in [1.165, 1.54) is 36.8 Å². The number of benzene rings is 1. The van der Waals surface area contributed by atoms with Crippen molar-refractivity contribution in [3.63, 3.8) is 0 Å². The fraction of sp³-hybridized carbons (Fsp3) is 0.357. The molecule has 5 rings (SSSR count). The van der Waals surface area contributed by atoms with Gasteiger partial charge in [-0.2, -0.15) is 0 Å². The van der Waals surface area contributed by atoms with Crippen LogP contribution in [-0.4, -0.2) is 59.5 Å². The largest absolute Gasteiger partial charge is 0.466 e. The van der Waals surface area contributed by atoms with E-state index in [9.17, 15) is 14.0 Å². The SMILES string of the molecule is CCOC(=O)c1cnc(N2CCC(C3=C(C(=O)OC)C(c4ccc(F)cc4Cl)N=C(c4nccs4)N3)CC2)nc1C. The molecular weight excluding hydrogens is 571 g/mol. The Morgan fingerprint density at radius 2 is 2.00 bits per heavy atom. The first-order valence-corrected chi connectivity index (χ1v) is 14.3. The Balaban J connectivity index is 1.46. The summed E-state index contributed by atoms with van der Waals surface area (Å²) in [7, 11) is 1.32. The average molecular weight is 599 g/mol. The number of anilines is 1. The normalized spacial score (nSPS) is 17.6. The Bertz CT molecular complexity index is 1520. The second kappa shape index (κ2) is 12.3. The number of nitrogens with zero attached hydrogens (tertiary/aromatic N) is 5. The lowest BCUT2D eigenvalue weighted by Gasteiger charge is -2.36. The molecule has 0 spiro atoms. The number of carbonyl (C=O) groups excluding carboxylic acids is 2. The Hall–Kier alpha value is -3.90. The van der Waals surface area contributed by atoms with Crippen LogP contribution in [0, 0.1) is 18.7 Å². The molecule has 1 atom stereocenters. The van der Waals surface area contributed by atoms with Crippen LogP contribution in [0.3, 0.4) is 0 Å². The monoisotopic (exact) mass is 598 g/mol. The number of nitrogens with one attached hydrogen (secondary N) is 1. The summed E-state index contributed by atoms with van der Waals surface area (Å²) in [4.78, 5) is 45.6. The molecule has 0 aliphatic carbocycles. The van der Waals surface area contributed by atoms with Crippen molar-refractivity contribution < 1.29 is 23.5 Å². The van der Waals surface area contributed by atoms with Gasteiger partial charge in [-0.05, 0) is 38.8 Å². The number of aromatic nitrogens is 3. The van der Waals surface area contributed by atoms with Gasteiger partial charge in [-0.3, -0.25) is 4.99 Å². The lowest BCUT2D eigenvalue weighted by molar-refractivity contribution is -0.136. The number of rotatable bonds is 7. The van der Waals surface area contributed by atoms with Gasteiger partial charge in [0.05, 0.1) is 30.5 Å². The smallest absolute Gasteiger partial charge is 0.341 e. The van der Waals surface area contributed by atoms with Crippen molar-refractivity contribution in [3.8, 4) is 0 Å². The second-order valence-electron chi connectivity index (χ2n) is 9.48. The van der Waals surface area contributed by atoms with Crippen molar-refractivity contribution in [3.05, 3.63) is 79.9 Å². The number of aryl methyl sites for hydroxylation is 1. The number of aliphatic imine (C=N–C) groups is 1. The maximum Gasteiger partial charge on any atom is 0.341 e. The van der Waals surface area contributed by atoms with Gasteiger partial charge in [0.1, 0.15) is 11.9 Å². The maximum absolute atomic E-state index is 13.9. The molecule has 0 saturated carbocycles. The van der Waals surface area contributed by atoms with Crippen LogP contribution in [0.5, 0.6) is 0 Å². The minimum absolute atomic E-state index is 0.0626. The van der Waals surface area contributed by atoms with Crippen molar-refractivity contribution in [2.45, 2.75) is 32.7 Å². The molecule has 2 aliphatic heterocycles. The third kappa shape index (κ3) is 5.94. The van der Waals surface area contributed by atoms with Crippen LogP contribution in [0.1, 0.15) is 52.4 Å².